The van der Waals surface area contributed by atoms with Crippen LogP contribution in [0.2, 0.25) is 0 Å². The SMILES string of the molecule is O=[N+]([O-])c1cnccc1N1CCC(CN2CCOCC2)C1. The second-order valence-electron chi connectivity index (χ2n) is 5.64. The van der Waals surface area contributed by atoms with Crippen LogP contribution in [-0.4, -0.2) is 60.7 Å². The van der Waals surface area contributed by atoms with Gasteiger partial charge >= 0.3 is 5.69 Å². The molecule has 1 atom stereocenters. The van der Waals surface area contributed by atoms with Crippen molar-refractivity contribution in [3.05, 3.63) is 28.6 Å². The summed E-state index contributed by atoms with van der Waals surface area (Å²) >= 11 is 0. The first-order valence-corrected chi connectivity index (χ1v) is 7.37. The second-order valence-corrected chi connectivity index (χ2v) is 5.64. The number of nitro groups is 1. The lowest BCUT2D eigenvalue weighted by Gasteiger charge is -2.29. The van der Waals surface area contributed by atoms with E-state index in [1.165, 1.54) is 6.20 Å². The van der Waals surface area contributed by atoms with Crippen molar-refractivity contribution in [2.24, 2.45) is 5.92 Å². The van der Waals surface area contributed by atoms with Gasteiger partial charge in [-0.05, 0) is 18.4 Å². The molecule has 1 unspecified atom stereocenters. The Labute approximate surface area is 123 Å². The van der Waals surface area contributed by atoms with Gasteiger partial charge in [0, 0.05) is 38.9 Å². The summed E-state index contributed by atoms with van der Waals surface area (Å²) in [6, 6.07) is 1.75. The lowest BCUT2D eigenvalue weighted by Crippen LogP contribution is -2.39. The standard InChI is InChI=1S/C14H20N4O3/c19-18(20)14-9-15-3-1-13(14)17-4-2-12(11-17)10-16-5-7-21-8-6-16/h1,3,9,12H,2,4-8,10-11H2. The molecule has 3 heterocycles. The fourth-order valence-corrected chi connectivity index (χ4v) is 3.14. The third kappa shape index (κ3) is 3.30. The molecule has 1 aromatic rings. The van der Waals surface area contributed by atoms with Crippen molar-refractivity contribution < 1.29 is 9.66 Å². The number of aromatic nitrogens is 1. The Morgan fingerprint density at radius 2 is 2.19 bits per heavy atom. The Morgan fingerprint density at radius 3 is 2.95 bits per heavy atom. The molecule has 0 bridgehead atoms. The summed E-state index contributed by atoms with van der Waals surface area (Å²) in [6.07, 6.45) is 4.04. The fraction of sp³-hybridized carbons (Fsp3) is 0.643. The molecule has 21 heavy (non-hydrogen) atoms. The number of rotatable bonds is 4. The molecule has 0 radical (unpaired) electrons. The number of pyridine rings is 1. The zero-order valence-corrected chi connectivity index (χ0v) is 12.0. The molecule has 114 valence electrons. The zero-order chi connectivity index (χ0) is 14.7. The van der Waals surface area contributed by atoms with Gasteiger partial charge in [-0.1, -0.05) is 0 Å². The van der Waals surface area contributed by atoms with Crippen molar-refractivity contribution in [1.82, 2.24) is 9.88 Å². The topological polar surface area (TPSA) is 71.7 Å². The average Bonchev–Trinajstić information content (AvgIpc) is 2.96. The molecule has 7 heteroatoms. The number of nitrogens with zero attached hydrogens (tertiary/aromatic N) is 4. The number of hydrogen-bond donors (Lipinski definition) is 0. The summed E-state index contributed by atoms with van der Waals surface area (Å²) in [5.41, 5.74) is 0.795. The predicted molar refractivity (Wildman–Crippen MR) is 78.5 cm³/mol. The molecular weight excluding hydrogens is 272 g/mol. The van der Waals surface area contributed by atoms with Gasteiger partial charge in [0.25, 0.3) is 0 Å². The molecule has 1 aromatic heterocycles. The van der Waals surface area contributed by atoms with Crippen LogP contribution < -0.4 is 4.90 Å². The van der Waals surface area contributed by atoms with Gasteiger partial charge in [-0.2, -0.15) is 0 Å². The first-order chi connectivity index (χ1) is 10.2. The van der Waals surface area contributed by atoms with Crippen molar-refractivity contribution >= 4 is 11.4 Å². The van der Waals surface area contributed by atoms with Crippen molar-refractivity contribution in [3.8, 4) is 0 Å². The van der Waals surface area contributed by atoms with Crippen LogP contribution in [0.3, 0.4) is 0 Å². The molecule has 3 rings (SSSR count). The zero-order valence-electron chi connectivity index (χ0n) is 12.0. The molecular formula is C14H20N4O3. The van der Waals surface area contributed by atoms with E-state index in [-0.39, 0.29) is 10.6 Å². The summed E-state index contributed by atoms with van der Waals surface area (Å²) < 4.78 is 5.36. The highest BCUT2D eigenvalue weighted by Gasteiger charge is 2.29. The van der Waals surface area contributed by atoms with Crippen molar-refractivity contribution in [1.29, 1.82) is 0 Å². The van der Waals surface area contributed by atoms with Crippen molar-refractivity contribution in [2.45, 2.75) is 6.42 Å². The maximum atomic E-state index is 11.1. The molecule has 2 saturated heterocycles. The first kappa shape index (κ1) is 14.2. The van der Waals surface area contributed by atoms with E-state index in [0.717, 1.165) is 52.4 Å². The molecule has 7 nitrogen and oxygen atoms in total. The van der Waals surface area contributed by atoms with Crippen LogP contribution in [0, 0.1) is 16.0 Å². The third-order valence-electron chi connectivity index (χ3n) is 4.22. The molecule has 0 spiro atoms. The summed E-state index contributed by atoms with van der Waals surface area (Å²) in [7, 11) is 0. The number of hydrogen-bond acceptors (Lipinski definition) is 6. The monoisotopic (exact) mass is 292 g/mol. The van der Waals surface area contributed by atoms with E-state index >= 15 is 0 Å². The second kappa shape index (κ2) is 6.36. The largest absolute Gasteiger partial charge is 0.379 e. The van der Waals surface area contributed by atoms with E-state index in [0.29, 0.717) is 11.6 Å². The molecule has 0 amide bonds. The maximum Gasteiger partial charge on any atom is 0.310 e. The van der Waals surface area contributed by atoms with Crippen LogP contribution >= 0.6 is 0 Å². The summed E-state index contributed by atoms with van der Waals surface area (Å²) in [5.74, 6) is 0.566. The quantitative estimate of drug-likeness (QED) is 0.612. The van der Waals surface area contributed by atoms with E-state index in [2.05, 4.69) is 14.8 Å². The summed E-state index contributed by atoms with van der Waals surface area (Å²) in [5, 5.41) is 11.1. The van der Waals surface area contributed by atoms with Gasteiger partial charge in [0.05, 0.1) is 18.1 Å². The van der Waals surface area contributed by atoms with Gasteiger partial charge in [-0.25, -0.2) is 0 Å². The molecule has 0 saturated carbocycles. The van der Waals surface area contributed by atoms with E-state index in [1.54, 1.807) is 12.3 Å². The highest BCUT2D eigenvalue weighted by molar-refractivity contribution is 5.62. The summed E-state index contributed by atoms with van der Waals surface area (Å²) in [6.45, 7) is 6.41. The van der Waals surface area contributed by atoms with Gasteiger partial charge in [0.15, 0.2) is 0 Å². The van der Waals surface area contributed by atoms with Crippen molar-refractivity contribution in [2.75, 3.05) is 50.8 Å². The van der Waals surface area contributed by atoms with Crippen LogP contribution in [-0.2, 0) is 4.74 Å². The maximum absolute atomic E-state index is 11.1. The van der Waals surface area contributed by atoms with E-state index < -0.39 is 0 Å². The van der Waals surface area contributed by atoms with Crippen LogP contribution in [0.4, 0.5) is 11.4 Å². The lowest BCUT2D eigenvalue weighted by molar-refractivity contribution is -0.384. The minimum Gasteiger partial charge on any atom is -0.379 e. The fourth-order valence-electron chi connectivity index (χ4n) is 3.14. The highest BCUT2D eigenvalue weighted by Crippen LogP contribution is 2.31. The molecule has 2 fully saturated rings. The number of ether oxygens (including phenoxy) is 1. The van der Waals surface area contributed by atoms with Crippen LogP contribution in [0.25, 0.3) is 0 Å². The van der Waals surface area contributed by atoms with Gasteiger partial charge in [0.1, 0.15) is 11.9 Å². The first-order valence-electron chi connectivity index (χ1n) is 7.37. The lowest BCUT2D eigenvalue weighted by atomic mass is 10.1. The number of morpholine rings is 1. The van der Waals surface area contributed by atoms with Gasteiger partial charge < -0.3 is 9.64 Å². The Morgan fingerprint density at radius 1 is 1.38 bits per heavy atom. The van der Waals surface area contributed by atoms with Gasteiger partial charge in [-0.3, -0.25) is 20.0 Å². The average molecular weight is 292 g/mol. The van der Waals surface area contributed by atoms with E-state index in [1.807, 2.05) is 0 Å². The molecule has 0 N–H and O–H groups in total. The smallest absolute Gasteiger partial charge is 0.310 e. The van der Waals surface area contributed by atoms with E-state index in [9.17, 15) is 10.1 Å². The van der Waals surface area contributed by atoms with Gasteiger partial charge in [-0.15, -0.1) is 0 Å². The third-order valence-corrected chi connectivity index (χ3v) is 4.22. The highest BCUT2D eigenvalue weighted by atomic mass is 16.6. The Bertz CT molecular complexity index is 505. The van der Waals surface area contributed by atoms with Crippen molar-refractivity contribution in [3.63, 3.8) is 0 Å². The molecule has 2 aliphatic rings. The Balaban J connectivity index is 1.63. The molecule has 0 aromatic carbocycles. The Hall–Kier alpha value is -1.73. The van der Waals surface area contributed by atoms with Crippen LogP contribution in [0.5, 0.6) is 0 Å². The summed E-state index contributed by atoms with van der Waals surface area (Å²) in [4.78, 5) is 19.1. The Kier molecular flexibility index (Phi) is 4.31. The normalized spacial score (nSPS) is 23.4. The minimum atomic E-state index is -0.350. The molecule has 2 aliphatic heterocycles. The van der Waals surface area contributed by atoms with Crippen LogP contribution in [0.1, 0.15) is 6.42 Å². The van der Waals surface area contributed by atoms with E-state index in [4.69, 9.17) is 4.74 Å². The van der Waals surface area contributed by atoms with Crippen LogP contribution in [0.15, 0.2) is 18.5 Å². The predicted octanol–water partition coefficient (Wildman–Crippen LogP) is 1.15. The van der Waals surface area contributed by atoms with Gasteiger partial charge in [0.2, 0.25) is 0 Å². The number of anilines is 1. The molecule has 0 aliphatic carbocycles. The minimum absolute atomic E-state index is 0.101.